The van der Waals surface area contributed by atoms with Crippen molar-refractivity contribution in [3.05, 3.63) is 18.2 Å². The third-order valence-corrected chi connectivity index (χ3v) is 3.99. The molecule has 1 atom stereocenters. The maximum absolute atomic E-state index is 11.2. The summed E-state index contributed by atoms with van der Waals surface area (Å²) in [6.07, 6.45) is 9.39. The SMILES string of the molecule is CC(CNCC1(O)CCCCC1)n1c[c]nc1C(N)=O. The Hall–Kier alpha value is -1.40. The Balaban J connectivity index is 1.84. The Morgan fingerprint density at radius 1 is 1.60 bits per heavy atom. The lowest BCUT2D eigenvalue weighted by Gasteiger charge is -2.32. The van der Waals surface area contributed by atoms with Gasteiger partial charge in [0.2, 0.25) is 0 Å². The Morgan fingerprint density at radius 3 is 2.95 bits per heavy atom. The molecule has 4 N–H and O–H groups in total. The van der Waals surface area contributed by atoms with E-state index in [2.05, 4.69) is 16.5 Å². The summed E-state index contributed by atoms with van der Waals surface area (Å²) in [6.45, 7) is 3.20. The van der Waals surface area contributed by atoms with Gasteiger partial charge in [0.25, 0.3) is 5.91 Å². The number of aromatic nitrogens is 2. The van der Waals surface area contributed by atoms with Crippen LogP contribution in [-0.2, 0) is 0 Å². The first kappa shape index (κ1) is 15.0. The fraction of sp³-hybridized carbons (Fsp3) is 0.714. The topological polar surface area (TPSA) is 93.2 Å². The quantitative estimate of drug-likeness (QED) is 0.712. The molecule has 0 aliphatic heterocycles. The molecule has 1 aliphatic carbocycles. The van der Waals surface area contributed by atoms with Gasteiger partial charge in [-0.25, -0.2) is 4.98 Å². The predicted octanol–water partition coefficient (Wildman–Crippen LogP) is 0.628. The van der Waals surface area contributed by atoms with Crippen LogP contribution in [0, 0.1) is 6.20 Å². The average molecular weight is 279 g/mol. The Labute approximate surface area is 119 Å². The third-order valence-electron chi connectivity index (χ3n) is 3.99. The highest BCUT2D eigenvalue weighted by Crippen LogP contribution is 2.27. The van der Waals surface area contributed by atoms with E-state index in [0.717, 1.165) is 25.7 Å². The summed E-state index contributed by atoms with van der Waals surface area (Å²) in [7, 11) is 0. The molecule has 1 saturated carbocycles. The van der Waals surface area contributed by atoms with Crippen molar-refractivity contribution in [2.75, 3.05) is 13.1 Å². The summed E-state index contributed by atoms with van der Waals surface area (Å²) < 4.78 is 1.71. The van der Waals surface area contributed by atoms with Gasteiger partial charge in [-0.2, -0.15) is 0 Å². The average Bonchev–Trinajstić information content (AvgIpc) is 2.88. The van der Waals surface area contributed by atoms with Gasteiger partial charge in [0.1, 0.15) is 6.20 Å². The predicted molar refractivity (Wildman–Crippen MR) is 75.2 cm³/mol. The number of primary amides is 1. The van der Waals surface area contributed by atoms with Gasteiger partial charge in [-0.05, 0) is 19.8 Å². The highest BCUT2D eigenvalue weighted by molar-refractivity contribution is 5.89. The van der Waals surface area contributed by atoms with Crippen LogP contribution < -0.4 is 11.1 Å². The molecule has 1 aromatic heterocycles. The molecule has 0 spiro atoms. The molecule has 20 heavy (non-hydrogen) atoms. The smallest absolute Gasteiger partial charge is 0.284 e. The van der Waals surface area contributed by atoms with Crippen LogP contribution in [0.4, 0.5) is 0 Å². The van der Waals surface area contributed by atoms with Crippen molar-refractivity contribution in [2.24, 2.45) is 5.73 Å². The molecular weight excluding hydrogens is 256 g/mol. The summed E-state index contributed by atoms with van der Waals surface area (Å²) >= 11 is 0. The number of nitrogens with two attached hydrogens (primary N) is 1. The second kappa shape index (κ2) is 6.37. The third kappa shape index (κ3) is 3.58. The van der Waals surface area contributed by atoms with Gasteiger partial charge >= 0.3 is 0 Å². The Bertz CT molecular complexity index is 452. The fourth-order valence-electron chi connectivity index (χ4n) is 2.79. The number of nitrogens with one attached hydrogen (secondary N) is 1. The van der Waals surface area contributed by atoms with E-state index >= 15 is 0 Å². The Kier molecular flexibility index (Phi) is 4.77. The van der Waals surface area contributed by atoms with E-state index in [0.29, 0.717) is 13.1 Å². The minimum Gasteiger partial charge on any atom is -0.389 e. The number of carbonyl (C=O) groups excluding carboxylic acids is 1. The minimum atomic E-state index is -0.578. The van der Waals surface area contributed by atoms with E-state index in [1.807, 2.05) is 6.92 Å². The second-order valence-electron chi connectivity index (χ2n) is 5.73. The van der Waals surface area contributed by atoms with Gasteiger partial charge in [-0.1, -0.05) is 19.3 Å². The Morgan fingerprint density at radius 2 is 2.30 bits per heavy atom. The number of imidazole rings is 1. The van der Waals surface area contributed by atoms with Crippen molar-refractivity contribution >= 4 is 5.91 Å². The van der Waals surface area contributed by atoms with Crippen LogP contribution in [0.1, 0.15) is 55.7 Å². The highest BCUT2D eigenvalue weighted by atomic mass is 16.3. The van der Waals surface area contributed by atoms with Gasteiger partial charge in [-0.15, -0.1) is 0 Å². The molecule has 0 aromatic carbocycles. The first-order valence-electron chi connectivity index (χ1n) is 7.20. The van der Waals surface area contributed by atoms with E-state index in [1.54, 1.807) is 10.8 Å². The number of rotatable bonds is 6. The molecule has 1 aliphatic rings. The van der Waals surface area contributed by atoms with Crippen LogP contribution >= 0.6 is 0 Å². The summed E-state index contributed by atoms with van der Waals surface area (Å²) in [5.74, 6) is -0.334. The molecule has 1 radical (unpaired) electrons. The second-order valence-corrected chi connectivity index (χ2v) is 5.73. The highest BCUT2D eigenvalue weighted by Gasteiger charge is 2.28. The molecule has 0 bridgehead atoms. The number of hydrogen-bond acceptors (Lipinski definition) is 4. The lowest BCUT2D eigenvalue weighted by atomic mass is 9.85. The van der Waals surface area contributed by atoms with E-state index in [4.69, 9.17) is 5.73 Å². The number of nitrogens with zero attached hydrogens (tertiary/aromatic N) is 2. The lowest BCUT2D eigenvalue weighted by Crippen LogP contribution is -2.43. The van der Waals surface area contributed by atoms with E-state index in [9.17, 15) is 9.90 Å². The molecule has 1 unspecified atom stereocenters. The van der Waals surface area contributed by atoms with E-state index in [-0.39, 0.29) is 11.9 Å². The summed E-state index contributed by atoms with van der Waals surface area (Å²) in [4.78, 5) is 15.1. The lowest BCUT2D eigenvalue weighted by molar-refractivity contribution is 0.00452. The van der Waals surface area contributed by atoms with Crippen molar-refractivity contribution in [1.29, 1.82) is 0 Å². The number of aliphatic hydroxyl groups is 1. The van der Waals surface area contributed by atoms with Crippen LogP contribution in [-0.4, -0.2) is 39.3 Å². The van der Waals surface area contributed by atoms with E-state index < -0.39 is 11.5 Å². The van der Waals surface area contributed by atoms with E-state index in [1.165, 1.54) is 6.42 Å². The standard InChI is InChI=1S/C14H23N4O2/c1-11(18-8-7-17-13(18)12(15)19)9-16-10-14(20)5-3-2-4-6-14/h8,11,16,20H,2-6,9-10H2,1H3,(H2,15,19). The maximum Gasteiger partial charge on any atom is 0.284 e. The van der Waals surface area contributed by atoms with Crippen LogP contribution in [0.3, 0.4) is 0 Å². The van der Waals surface area contributed by atoms with Crippen molar-refractivity contribution in [3.8, 4) is 0 Å². The zero-order valence-electron chi connectivity index (χ0n) is 11.9. The van der Waals surface area contributed by atoms with Crippen molar-refractivity contribution in [2.45, 2.75) is 50.7 Å². The van der Waals surface area contributed by atoms with Crippen molar-refractivity contribution < 1.29 is 9.90 Å². The molecule has 0 saturated heterocycles. The van der Waals surface area contributed by atoms with Gasteiger partial charge in [0.15, 0.2) is 5.82 Å². The summed E-state index contributed by atoms with van der Waals surface area (Å²) in [6, 6.07) is 0.0310. The molecule has 6 heteroatoms. The van der Waals surface area contributed by atoms with Crippen LogP contribution in [0.2, 0.25) is 0 Å². The molecule has 111 valence electrons. The van der Waals surface area contributed by atoms with Gasteiger partial charge < -0.3 is 20.7 Å². The van der Waals surface area contributed by atoms with Gasteiger partial charge in [0.05, 0.1) is 5.60 Å². The largest absolute Gasteiger partial charge is 0.389 e. The van der Waals surface area contributed by atoms with Gasteiger partial charge in [0, 0.05) is 25.3 Å². The maximum atomic E-state index is 11.2. The van der Waals surface area contributed by atoms with Crippen LogP contribution in [0.15, 0.2) is 6.20 Å². The van der Waals surface area contributed by atoms with Crippen molar-refractivity contribution in [1.82, 2.24) is 14.9 Å². The van der Waals surface area contributed by atoms with Crippen molar-refractivity contribution in [3.63, 3.8) is 0 Å². The molecule has 1 amide bonds. The molecule has 1 heterocycles. The number of carbonyl (C=O) groups is 1. The van der Waals surface area contributed by atoms with Gasteiger partial charge in [-0.3, -0.25) is 4.79 Å². The number of amides is 1. The first-order valence-corrected chi connectivity index (χ1v) is 7.20. The zero-order chi connectivity index (χ0) is 14.6. The van der Waals surface area contributed by atoms with Crippen LogP contribution in [0.5, 0.6) is 0 Å². The van der Waals surface area contributed by atoms with Crippen LogP contribution in [0.25, 0.3) is 0 Å². The molecule has 6 nitrogen and oxygen atoms in total. The zero-order valence-corrected chi connectivity index (χ0v) is 11.9. The molecule has 1 aromatic rings. The molecule has 1 fully saturated rings. The minimum absolute atomic E-state index is 0.0310. The summed E-state index contributed by atoms with van der Waals surface area (Å²) in [5.41, 5.74) is 4.68. The fourth-order valence-corrected chi connectivity index (χ4v) is 2.79. The first-order chi connectivity index (χ1) is 9.52. The molecular formula is C14H23N4O2. The summed E-state index contributed by atoms with van der Waals surface area (Å²) in [5, 5.41) is 13.7. The number of hydrogen-bond donors (Lipinski definition) is 3. The molecule has 2 rings (SSSR count). The monoisotopic (exact) mass is 279 g/mol. The normalized spacial score (nSPS) is 19.7.